The maximum absolute atomic E-state index is 11.2. The molecule has 0 aromatic carbocycles. The van der Waals surface area contributed by atoms with Crippen LogP contribution in [0.5, 0.6) is 0 Å². The topological polar surface area (TPSA) is 83.8 Å². The standard InChI is InChI=1S/C17H32O5/c1-2-3-4-5-6-7-8-9-10-11-12-13-22-17(21)15(18)14-16(19)20/h15,18H,2-14H2,1H3,(H,19,20). The van der Waals surface area contributed by atoms with Crippen molar-refractivity contribution in [1.29, 1.82) is 0 Å². The lowest BCUT2D eigenvalue weighted by Crippen LogP contribution is -2.26. The zero-order chi connectivity index (χ0) is 16.6. The minimum Gasteiger partial charge on any atom is -0.481 e. The van der Waals surface area contributed by atoms with Crippen LogP contribution in [-0.2, 0) is 14.3 Å². The first-order valence-electron chi connectivity index (χ1n) is 8.64. The van der Waals surface area contributed by atoms with Crippen molar-refractivity contribution in [3.63, 3.8) is 0 Å². The fourth-order valence-corrected chi connectivity index (χ4v) is 2.28. The Kier molecular flexibility index (Phi) is 14.1. The van der Waals surface area contributed by atoms with Crippen molar-refractivity contribution >= 4 is 11.9 Å². The van der Waals surface area contributed by atoms with Crippen LogP contribution in [0.15, 0.2) is 0 Å². The average molecular weight is 316 g/mol. The van der Waals surface area contributed by atoms with Crippen LogP contribution in [0.2, 0.25) is 0 Å². The molecule has 130 valence electrons. The summed E-state index contributed by atoms with van der Waals surface area (Å²) >= 11 is 0. The first-order valence-corrected chi connectivity index (χ1v) is 8.64. The van der Waals surface area contributed by atoms with Crippen molar-refractivity contribution in [3.05, 3.63) is 0 Å². The van der Waals surface area contributed by atoms with Gasteiger partial charge in [0.1, 0.15) is 0 Å². The Bertz CT molecular complexity index is 291. The summed E-state index contributed by atoms with van der Waals surface area (Å²) in [5, 5.41) is 17.6. The van der Waals surface area contributed by atoms with E-state index in [1.807, 2.05) is 0 Å². The van der Waals surface area contributed by atoms with Gasteiger partial charge in [0.15, 0.2) is 6.10 Å². The van der Waals surface area contributed by atoms with Crippen LogP contribution in [0.25, 0.3) is 0 Å². The Balaban J connectivity index is 3.26. The van der Waals surface area contributed by atoms with Crippen molar-refractivity contribution in [3.8, 4) is 0 Å². The molecule has 0 rings (SSSR count). The lowest BCUT2D eigenvalue weighted by molar-refractivity contribution is -0.158. The van der Waals surface area contributed by atoms with E-state index in [-0.39, 0.29) is 6.61 Å². The second-order valence-electron chi connectivity index (χ2n) is 5.82. The number of aliphatic hydroxyl groups excluding tert-OH is 1. The van der Waals surface area contributed by atoms with Crippen LogP contribution >= 0.6 is 0 Å². The van der Waals surface area contributed by atoms with Gasteiger partial charge < -0.3 is 14.9 Å². The molecule has 0 aromatic heterocycles. The van der Waals surface area contributed by atoms with Crippen LogP contribution in [0.3, 0.4) is 0 Å². The van der Waals surface area contributed by atoms with Gasteiger partial charge in [-0.1, -0.05) is 71.1 Å². The zero-order valence-corrected chi connectivity index (χ0v) is 13.9. The van der Waals surface area contributed by atoms with E-state index in [9.17, 15) is 14.7 Å². The van der Waals surface area contributed by atoms with Gasteiger partial charge in [-0.2, -0.15) is 0 Å². The first-order chi connectivity index (χ1) is 10.6. The van der Waals surface area contributed by atoms with Gasteiger partial charge in [0.25, 0.3) is 0 Å². The summed E-state index contributed by atoms with van der Waals surface area (Å²) in [6.07, 6.45) is 11.2. The van der Waals surface area contributed by atoms with Gasteiger partial charge in [0.05, 0.1) is 13.0 Å². The molecule has 5 nitrogen and oxygen atoms in total. The number of carboxylic acids is 1. The molecule has 0 fully saturated rings. The summed E-state index contributed by atoms with van der Waals surface area (Å²) in [6.45, 7) is 2.48. The predicted molar refractivity (Wildman–Crippen MR) is 85.7 cm³/mol. The molecule has 0 saturated carbocycles. The summed E-state index contributed by atoms with van der Waals surface area (Å²) < 4.78 is 4.84. The molecule has 0 aliphatic carbocycles. The van der Waals surface area contributed by atoms with E-state index < -0.39 is 24.5 Å². The van der Waals surface area contributed by atoms with E-state index in [0.717, 1.165) is 19.3 Å². The molecule has 1 unspecified atom stereocenters. The normalized spacial score (nSPS) is 12.1. The maximum Gasteiger partial charge on any atom is 0.335 e. The third kappa shape index (κ3) is 13.9. The highest BCUT2D eigenvalue weighted by Gasteiger charge is 2.19. The second-order valence-corrected chi connectivity index (χ2v) is 5.82. The number of aliphatic hydroxyl groups is 1. The van der Waals surface area contributed by atoms with Crippen LogP contribution < -0.4 is 0 Å². The van der Waals surface area contributed by atoms with Crippen LogP contribution in [0.1, 0.15) is 84.0 Å². The average Bonchev–Trinajstić information content (AvgIpc) is 2.47. The molecule has 5 heteroatoms. The summed E-state index contributed by atoms with van der Waals surface area (Å²) in [5.74, 6) is -2.05. The molecule has 0 saturated heterocycles. The molecular weight excluding hydrogens is 284 g/mol. The van der Waals surface area contributed by atoms with Gasteiger partial charge in [-0.25, -0.2) is 4.79 Å². The highest BCUT2D eigenvalue weighted by Crippen LogP contribution is 2.11. The lowest BCUT2D eigenvalue weighted by Gasteiger charge is -2.08. The van der Waals surface area contributed by atoms with E-state index in [0.29, 0.717) is 0 Å². The van der Waals surface area contributed by atoms with Crippen molar-refractivity contribution in [1.82, 2.24) is 0 Å². The third-order valence-corrected chi connectivity index (χ3v) is 3.63. The number of carbonyl (C=O) groups is 2. The molecule has 2 N–H and O–H groups in total. The van der Waals surface area contributed by atoms with E-state index in [1.54, 1.807) is 0 Å². The van der Waals surface area contributed by atoms with Crippen molar-refractivity contribution in [2.45, 2.75) is 90.1 Å². The Hall–Kier alpha value is -1.10. The molecule has 22 heavy (non-hydrogen) atoms. The number of hydrogen-bond donors (Lipinski definition) is 2. The number of unbranched alkanes of at least 4 members (excludes halogenated alkanes) is 10. The van der Waals surface area contributed by atoms with Crippen LogP contribution in [0.4, 0.5) is 0 Å². The molecule has 0 spiro atoms. The van der Waals surface area contributed by atoms with Gasteiger partial charge in [0, 0.05) is 0 Å². The number of carboxylic acid groups (broad SMARTS) is 1. The van der Waals surface area contributed by atoms with Crippen molar-refractivity contribution in [2.75, 3.05) is 6.61 Å². The van der Waals surface area contributed by atoms with Gasteiger partial charge in [0.2, 0.25) is 0 Å². The number of ether oxygens (including phenoxy) is 1. The Morgan fingerprint density at radius 2 is 1.32 bits per heavy atom. The minimum atomic E-state index is -1.55. The lowest BCUT2D eigenvalue weighted by atomic mass is 10.1. The molecule has 0 aliphatic rings. The first kappa shape index (κ1) is 20.9. The molecular formula is C17H32O5. The smallest absolute Gasteiger partial charge is 0.335 e. The fourth-order valence-electron chi connectivity index (χ4n) is 2.28. The van der Waals surface area contributed by atoms with Crippen molar-refractivity contribution < 1.29 is 24.5 Å². The molecule has 0 radical (unpaired) electrons. The number of aliphatic carboxylic acids is 1. The largest absolute Gasteiger partial charge is 0.481 e. The second kappa shape index (κ2) is 14.8. The van der Waals surface area contributed by atoms with Gasteiger partial charge in [-0.15, -0.1) is 0 Å². The highest BCUT2D eigenvalue weighted by atomic mass is 16.5. The Morgan fingerprint density at radius 1 is 0.864 bits per heavy atom. The zero-order valence-electron chi connectivity index (χ0n) is 13.9. The Morgan fingerprint density at radius 3 is 1.77 bits per heavy atom. The number of rotatable bonds is 15. The summed E-state index contributed by atoms with van der Waals surface area (Å²) in [6, 6.07) is 0. The van der Waals surface area contributed by atoms with Gasteiger partial charge >= 0.3 is 11.9 Å². The summed E-state index contributed by atoms with van der Waals surface area (Å²) in [7, 11) is 0. The maximum atomic E-state index is 11.2. The minimum absolute atomic E-state index is 0.256. The number of hydrogen-bond acceptors (Lipinski definition) is 4. The van der Waals surface area contributed by atoms with E-state index in [4.69, 9.17) is 9.84 Å². The molecule has 1 atom stereocenters. The molecule has 0 heterocycles. The molecule has 0 aliphatic heterocycles. The van der Waals surface area contributed by atoms with E-state index in [2.05, 4.69) is 6.92 Å². The van der Waals surface area contributed by atoms with Crippen LogP contribution in [0, 0.1) is 0 Å². The molecule has 0 aromatic rings. The monoisotopic (exact) mass is 316 g/mol. The highest BCUT2D eigenvalue weighted by molar-refractivity contribution is 5.80. The SMILES string of the molecule is CCCCCCCCCCCCCOC(=O)C(O)CC(=O)O. The van der Waals surface area contributed by atoms with Crippen LogP contribution in [-0.4, -0.2) is 34.9 Å². The summed E-state index contributed by atoms with van der Waals surface area (Å²) in [4.78, 5) is 21.5. The Labute approximate surface area is 134 Å². The van der Waals surface area contributed by atoms with Gasteiger partial charge in [-0.3, -0.25) is 4.79 Å². The number of esters is 1. The van der Waals surface area contributed by atoms with Crippen molar-refractivity contribution in [2.24, 2.45) is 0 Å². The quantitative estimate of drug-likeness (QED) is 0.356. The molecule has 0 amide bonds. The summed E-state index contributed by atoms with van der Waals surface area (Å²) in [5.41, 5.74) is 0. The predicted octanol–water partition coefficient (Wildman–Crippen LogP) is 3.68. The van der Waals surface area contributed by atoms with Gasteiger partial charge in [-0.05, 0) is 6.42 Å². The fraction of sp³-hybridized carbons (Fsp3) is 0.882. The molecule has 0 bridgehead atoms. The third-order valence-electron chi connectivity index (χ3n) is 3.63. The van der Waals surface area contributed by atoms with E-state index >= 15 is 0 Å². The van der Waals surface area contributed by atoms with E-state index in [1.165, 1.54) is 51.4 Å². The number of carbonyl (C=O) groups excluding carboxylic acids is 1.